The second-order valence-corrected chi connectivity index (χ2v) is 7.35. The first kappa shape index (κ1) is 19.8. The Hall–Kier alpha value is -1.23. The summed E-state index contributed by atoms with van der Waals surface area (Å²) < 4.78 is 86.2. The van der Waals surface area contributed by atoms with Crippen LogP contribution >= 0.6 is 0 Å². The molecule has 10 heteroatoms. The van der Waals surface area contributed by atoms with Gasteiger partial charge in [-0.2, -0.15) is 8.78 Å². The third-order valence-corrected chi connectivity index (χ3v) is 5.97. The molecular formula is C13H17F5O4Si. The topological polar surface area (TPSA) is 36.9 Å². The molecule has 0 saturated carbocycles. The molecule has 0 radical (unpaired) electrons. The Labute approximate surface area is 131 Å². The predicted octanol–water partition coefficient (Wildman–Crippen LogP) is 3.42. The summed E-state index contributed by atoms with van der Waals surface area (Å²) in [5, 5.41) is 0. The zero-order chi connectivity index (χ0) is 17.6. The third-order valence-electron chi connectivity index (χ3n) is 3.03. The highest BCUT2D eigenvalue weighted by atomic mass is 28.4. The van der Waals surface area contributed by atoms with Gasteiger partial charge in [-0.25, -0.2) is 13.2 Å². The van der Waals surface area contributed by atoms with Gasteiger partial charge >= 0.3 is 8.80 Å². The molecule has 0 aromatic heterocycles. The molecule has 0 amide bonds. The van der Waals surface area contributed by atoms with Gasteiger partial charge in [-0.3, -0.25) is 0 Å². The third kappa shape index (κ3) is 4.40. The lowest BCUT2D eigenvalue weighted by atomic mass is 10.2. The van der Waals surface area contributed by atoms with Crippen LogP contribution in [0.4, 0.5) is 22.0 Å². The highest BCUT2D eigenvalue weighted by molar-refractivity contribution is 6.60. The summed E-state index contributed by atoms with van der Waals surface area (Å²) in [6.45, 7) is 1.78. The van der Waals surface area contributed by atoms with Crippen LogP contribution in [-0.2, 0) is 13.3 Å². The highest BCUT2D eigenvalue weighted by Crippen LogP contribution is 2.29. The van der Waals surface area contributed by atoms with Gasteiger partial charge in [0.15, 0.2) is 5.75 Å². The van der Waals surface area contributed by atoms with E-state index in [4.69, 9.17) is 18.0 Å². The van der Waals surface area contributed by atoms with Crippen LogP contribution in [0, 0.1) is 29.1 Å². The minimum absolute atomic E-state index is 0.174. The van der Waals surface area contributed by atoms with E-state index in [0.717, 1.165) is 0 Å². The SMILES string of the molecule is CCO[Si](CCCOc1c(F)c(F)c(F)c(F)c1F)(OC)OC. The molecule has 0 N–H and O–H groups in total. The molecule has 0 heterocycles. The van der Waals surface area contributed by atoms with E-state index in [2.05, 4.69) is 0 Å². The normalized spacial score (nSPS) is 11.8. The molecular weight excluding hydrogens is 343 g/mol. The number of hydrogen-bond donors (Lipinski definition) is 0. The summed E-state index contributed by atoms with van der Waals surface area (Å²) in [6, 6.07) is 0.253. The van der Waals surface area contributed by atoms with Gasteiger partial charge in [-0.1, -0.05) is 0 Å². The molecule has 0 fully saturated rings. The molecule has 0 bridgehead atoms. The molecule has 0 unspecified atom stereocenters. The molecule has 1 aromatic carbocycles. The lowest BCUT2D eigenvalue weighted by Gasteiger charge is -2.25. The number of rotatable bonds is 9. The van der Waals surface area contributed by atoms with Gasteiger partial charge in [0.05, 0.1) is 6.61 Å². The van der Waals surface area contributed by atoms with E-state index >= 15 is 0 Å². The number of ether oxygens (including phenoxy) is 1. The van der Waals surface area contributed by atoms with Crippen molar-refractivity contribution in [1.82, 2.24) is 0 Å². The first-order chi connectivity index (χ1) is 10.8. The summed E-state index contributed by atoms with van der Waals surface area (Å²) >= 11 is 0. The van der Waals surface area contributed by atoms with E-state index in [1.165, 1.54) is 14.2 Å². The molecule has 0 aliphatic heterocycles. The maximum Gasteiger partial charge on any atom is 0.500 e. The van der Waals surface area contributed by atoms with E-state index in [-0.39, 0.29) is 19.1 Å². The number of benzene rings is 1. The van der Waals surface area contributed by atoms with Gasteiger partial charge in [-0.15, -0.1) is 0 Å². The fourth-order valence-electron chi connectivity index (χ4n) is 1.87. The maximum absolute atomic E-state index is 13.4. The van der Waals surface area contributed by atoms with Crippen LogP contribution in [0.5, 0.6) is 5.75 Å². The fraction of sp³-hybridized carbons (Fsp3) is 0.538. The van der Waals surface area contributed by atoms with Crippen LogP contribution in [0.3, 0.4) is 0 Å². The van der Waals surface area contributed by atoms with Crippen LogP contribution in [0.2, 0.25) is 6.04 Å². The number of hydrogen-bond acceptors (Lipinski definition) is 4. The lowest BCUT2D eigenvalue weighted by molar-refractivity contribution is 0.101. The van der Waals surface area contributed by atoms with Crippen molar-refractivity contribution < 1.29 is 40.0 Å². The molecule has 0 aliphatic carbocycles. The smallest absolute Gasteiger partial charge is 0.487 e. The molecule has 0 aliphatic rings. The van der Waals surface area contributed by atoms with Gasteiger partial charge in [0.25, 0.3) is 0 Å². The average Bonchev–Trinajstić information content (AvgIpc) is 2.56. The fourth-order valence-corrected chi connectivity index (χ4v) is 3.84. The summed E-state index contributed by atoms with van der Waals surface area (Å²) in [6.07, 6.45) is 0.174. The molecule has 4 nitrogen and oxygen atoms in total. The van der Waals surface area contributed by atoms with Crippen molar-refractivity contribution in [1.29, 1.82) is 0 Å². The van der Waals surface area contributed by atoms with Crippen LogP contribution in [0.15, 0.2) is 0 Å². The molecule has 0 spiro atoms. The average molecular weight is 360 g/mol. The minimum Gasteiger partial charge on any atom is -0.487 e. The van der Waals surface area contributed by atoms with Crippen LogP contribution in [-0.4, -0.2) is 36.2 Å². The highest BCUT2D eigenvalue weighted by Gasteiger charge is 2.38. The Balaban J connectivity index is 2.73. The van der Waals surface area contributed by atoms with Crippen LogP contribution in [0.25, 0.3) is 0 Å². The molecule has 1 aromatic rings. The van der Waals surface area contributed by atoms with E-state index < -0.39 is 43.6 Å². The molecule has 0 saturated heterocycles. The van der Waals surface area contributed by atoms with E-state index in [0.29, 0.717) is 6.61 Å². The summed E-state index contributed by atoms with van der Waals surface area (Å²) in [4.78, 5) is 0. The first-order valence-electron chi connectivity index (χ1n) is 6.72. The monoisotopic (exact) mass is 360 g/mol. The van der Waals surface area contributed by atoms with Gasteiger partial charge in [-0.05, 0) is 13.3 Å². The maximum atomic E-state index is 13.4. The minimum atomic E-state index is -2.92. The Morgan fingerprint density at radius 1 is 0.826 bits per heavy atom. The van der Waals surface area contributed by atoms with Gasteiger partial charge in [0, 0.05) is 26.9 Å². The van der Waals surface area contributed by atoms with Gasteiger partial charge in [0.2, 0.25) is 29.1 Å². The second-order valence-electron chi connectivity index (χ2n) is 4.38. The quantitative estimate of drug-likeness (QED) is 0.222. The molecule has 23 heavy (non-hydrogen) atoms. The largest absolute Gasteiger partial charge is 0.500 e. The van der Waals surface area contributed by atoms with Crippen molar-refractivity contribution in [3.63, 3.8) is 0 Å². The van der Waals surface area contributed by atoms with Crippen molar-refractivity contribution in [2.24, 2.45) is 0 Å². The van der Waals surface area contributed by atoms with E-state index in [1.807, 2.05) is 0 Å². The zero-order valence-corrected chi connectivity index (χ0v) is 13.9. The lowest BCUT2D eigenvalue weighted by Crippen LogP contribution is -2.44. The van der Waals surface area contributed by atoms with Crippen molar-refractivity contribution >= 4 is 8.80 Å². The van der Waals surface area contributed by atoms with Crippen molar-refractivity contribution in [3.8, 4) is 5.75 Å². The van der Waals surface area contributed by atoms with Crippen molar-refractivity contribution in [3.05, 3.63) is 29.1 Å². The molecule has 132 valence electrons. The Kier molecular flexibility index (Phi) is 7.38. The Bertz CT molecular complexity index is 511. The van der Waals surface area contributed by atoms with Gasteiger partial charge in [0.1, 0.15) is 0 Å². The predicted molar refractivity (Wildman–Crippen MR) is 72.5 cm³/mol. The van der Waals surface area contributed by atoms with Crippen molar-refractivity contribution in [2.75, 3.05) is 27.4 Å². The summed E-state index contributed by atoms with van der Waals surface area (Å²) in [5.74, 6) is -11.6. The van der Waals surface area contributed by atoms with Crippen molar-refractivity contribution in [2.45, 2.75) is 19.4 Å². The Morgan fingerprint density at radius 2 is 1.30 bits per heavy atom. The summed E-state index contributed by atoms with van der Waals surface area (Å²) in [5.41, 5.74) is 0. The standard InChI is InChI=1S/C13H17F5O4Si/c1-4-22-23(19-2,20-3)7-5-6-21-13-11(17)9(15)8(14)10(16)12(13)18/h4-7H2,1-3H3. The van der Waals surface area contributed by atoms with E-state index in [9.17, 15) is 22.0 Å². The second kappa shape index (κ2) is 8.57. The zero-order valence-electron chi connectivity index (χ0n) is 12.9. The van der Waals surface area contributed by atoms with Gasteiger partial charge < -0.3 is 18.0 Å². The summed E-state index contributed by atoms with van der Waals surface area (Å²) in [7, 11) is -0.117. The Morgan fingerprint density at radius 3 is 1.74 bits per heavy atom. The van der Waals surface area contributed by atoms with Crippen LogP contribution in [0.1, 0.15) is 13.3 Å². The molecule has 1 rings (SSSR count). The first-order valence-corrected chi connectivity index (χ1v) is 8.65. The molecule has 0 atom stereocenters. The number of halogens is 5. The van der Waals surface area contributed by atoms with Crippen LogP contribution < -0.4 is 4.74 Å². The van der Waals surface area contributed by atoms with E-state index in [1.54, 1.807) is 6.92 Å².